The van der Waals surface area contributed by atoms with E-state index in [1.54, 1.807) is 12.1 Å². The maximum absolute atomic E-state index is 12.0. The van der Waals surface area contributed by atoms with Crippen LogP contribution >= 0.6 is 0 Å². The molecule has 0 radical (unpaired) electrons. The molecular formula is C15H21NO4. The molecule has 0 aliphatic carbocycles. The number of carbonyl (C=O) groups excluding carboxylic acids is 1. The molecule has 2 N–H and O–H groups in total. The molecule has 0 spiro atoms. The van der Waals surface area contributed by atoms with Crippen molar-refractivity contribution in [3.8, 4) is 11.5 Å². The number of benzene rings is 1. The van der Waals surface area contributed by atoms with E-state index in [0.717, 1.165) is 19.4 Å². The van der Waals surface area contributed by atoms with Gasteiger partial charge in [0.25, 0.3) is 5.91 Å². The average Bonchev–Trinajstić information content (AvgIpc) is 2.92. The highest BCUT2D eigenvalue weighted by molar-refractivity contribution is 5.94. The number of phenols is 1. The van der Waals surface area contributed by atoms with Gasteiger partial charge >= 0.3 is 0 Å². The number of rotatable bonds is 5. The van der Waals surface area contributed by atoms with Gasteiger partial charge in [-0.25, -0.2) is 0 Å². The van der Waals surface area contributed by atoms with Gasteiger partial charge in [0.15, 0.2) is 11.5 Å². The van der Waals surface area contributed by atoms with E-state index in [9.17, 15) is 9.90 Å². The predicted molar refractivity (Wildman–Crippen MR) is 75.1 cm³/mol. The van der Waals surface area contributed by atoms with Crippen molar-refractivity contribution < 1.29 is 19.4 Å². The molecule has 5 heteroatoms. The molecule has 0 saturated carbocycles. The van der Waals surface area contributed by atoms with Crippen molar-refractivity contribution in [2.75, 3.05) is 20.3 Å². The van der Waals surface area contributed by atoms with Crippen molar-refractivity contribution >= 4 is 5.91 Å². The van der Waals surface area contributed by atoms with Gasteiger partial charge in [0.1, 0.15) is 0 Å². The minimum absolute atomic E-state index is 0.0317. The number of ether oxygens (including phenoxy) is 2. The van der Waals surface area contributed by atoms with E-state index in [0.29, 0.717) is 23.8 Å². The number of hydrogen-bond acceptors (Lipinski definition) is 4. The number of methoxy groups -OCH3 is 1. The maximum Gasteiger partial charge on any atom is 0.251 e. The SMILES string of the molecule is CCC1OCCC1CNC(=O)c1ccc(OC)c(O)c1. The molecule has 2 rings (SSSR count). The third kappa shape index (κ3) is 3.22. The second kappa shape index (κ2) is 6.61. The molecule has 0 bridgehead atoms. The molecule has 1 aliphatic rings. The molecule has 1 fully saturated rings. The summed E-state index contributed by atoms with van der Waals surface area (Å²) < 4.78 is 10.5. The Balaban J connectivity index is 1.93. The summed E-state index contributed by atoms with van der Waals surface area (Å²) >= 11 is 0. The van der Waals surface area contributed by atoms with E-state index < -0.39 is 0 Å². The van der Waals surface area contributed by atoms with Gasteiger partial charge in [-0.05, 0) is 31.0 Å². The maximum atomic E-state index is 12.0. The van der Waals surface area contributed by atoms with Crippen molar-refractivity contribution in [3.63, 3.8) is 0 Å². The van der Waals surface area contributed by atoms with E-state index in [1.165, 1.54) is 13.2 Å². The molecule has 1 heterocycles. The molecule has 110 valence electrons. The summed E-state index contributed by atoms with van der Waals surface area (Å²) in [6.07, 6.45) is 2.18. The third-order valence-electron chi connectivity index (χ3n) is 3.71. The second-order valence-electron chi connectivity index (χ2n) is 4.96. The Morgan fingerprint density at radius 1 is 1.55 bits per heavy atom. The fourth-order valence-corrected chi connectivity index (χ4v) is 2.53. The average molecular weight is 279 g/mol. The van der Waals surface area contributed by atoms with E-state index in [1.807, 2.05) is 0 Å². The Morgan fingerprint density at radius 2 is 2.35 bits per heavy atom. The Labute approximate surface area is 118 Å². The van der Waals surface area contributed by atoms with Crippen LogP contribution in [0, 0.1) is 5.92 Å². The van der Waals surface area contributed by atoms with E-state index in [-0.39, 0.29) is 17.8 Å². The summed E-state index contributed by atoms with van der Waals surface area (Å²) in [7, 11) is 1.47. The largest absolute Gasteiger partial charge is 0.504 e. The lowest BCUT2D eigenvalue weighted by Crippen LogP contribution is -2.32. The summed E-state index contributed by atoms with van der Waals surface area (Å²) in [5.41, 5.74) is 0.426. The number of phenolic OH excluding ortho intramolecular Hbond substituents is 1. The lowest BCUT2D eigenvalue weighted by molar-refractivity contribution is 0.0826. The Bertz CT molecular complexity index is 475. The van der Waals surface area contributed by atoms with Crippen molar-refractivity contribution in [1.82, 2.24) is 5.32 Å². The van der Waals surface area contributed by atoms with Crippen LogP contribution in [0.15, 0.2) is 18.2 Å². The van der Waals surface area contributed by atoms with E-state index in [4.69, 9.17) is 9.47 Å². The molecule has 0 aromatic heterocycles. The van der Waals surface area contributed by atoms with E-state index >= 15 is 0 Å². The first-order chi connectivity index (χ1) is 9.65. The number of amides is 1. The first-order valence-corrected chi connectivity index (χ1v) is 6.92. The molecule has 2 unspecified atom stereocenters. The van der Waals surface area contributed by atoms with Crippen LogP contribution in [0.3, 0.4) is 0 Å². The van der Waals surface area contributed by atoms with Gasteiger partial charge in [-0.15, -0.1) is 0 Å². The first kappa shape index (κ1) is 14.7. The molecule has 1 aromatic carbocycles. The molecule has 5 nitrogen and oxygen atoms in total. The van der Waals surface area contributed by atoms with Crippen molar-refractivity contribution in [2.45, 2.75) is 25.9 Å². The van der Waals surface area contributed by atoms with Gasteiger partial charge < -0.3 is 19.9 Å². The monoisotopic (exact) mass is 279 g/mol. The van der Waals surface area contributed by atoms with Crippen molar-refractivity contribution in [1.29, 1.82) is 0 Å². The van der Waals surface area contributed by atoms with Crippen LogP contribution in [-0.4, -0.2) is 37.4 Å². The fourth-order valence-electron chi connectivity index (χ4n) is 2.53. The van der Waals surface area contributed by atoms with Crippen LogP contribution in [0.4, 0.5) is 0 Å². The smallest absolute Gasteiger partial charge is 0.251 e. The minimum Gasteiger partial charge on any atom is -0.504 e. The van der Waals surface area contributed by atoms with Gasteiger partial charge in [-0.2, -0.15) is 0 Å². The summed E-state index contributed by atoms with van der Waals surface area (Å²) in [6, 6.07) is 4.63. The Kier molecular flexibility index (Phi) is 4.84. The van der Waals surface area contributed by atoms with Gasteiger partial charge in [-0.1, -0.05) is 6.92 Å². The zero-order valence-corrected chi connectivity index (χ0v) is 11.9. The van der Waals surface area contributed by atoms with Crippen molar-refractivity contribution in [2.24, 2.45) is 5.92 Å². The Morgan fingerprint density at radius 3 is 3.00 bits per heavy atom. The lowest BCUT2D eigenvalue weighted by Gasteiger charge is -2.17. The highest BCUT2D eigenvalue weighted by atomic mass is 16.5. The third-order valence-corrected chi connectivity index (χ3v) is 3.71. The molecule has 1 saturated heterocycles. The fraction of sp³-hybridized carbons (Fsp3) is 0.533. The molecule has 1 aromatic rings. The lowest BCUT2D eigenvalue weighted by atomic mass is 9.99. The summed E-state index contributed by atoms with van der Waals surface area (Å²) in [5, 5.41) is 12.6. The number of hydrogen-bond donors (Lipinski definition) is 2. The second-order valence-corrected chi connectivity index (χ2v) is 4.96. The summed E-state index contributed by atoms with van der Waals surface area (Å²) in [4.78, 5) is 12.0. The molecule has 1 aliphatic heterocycles. The van der Waals surface area contributed by atoms with Crippen LogP contribution < -0.4 is 10.1 Å². The predicted octanol–water partition coefficient (Wildman–Crippen LogP) is 1.95. The summed E-state index contributed by atoms with van der Waals surface area (Å²) in [5.74, 6) is 0.507. The topological polar surface area (TPSA) is 67.8 Å². The Hall–Kier alpha value is -1.75. The highest BCUT2D eigenvalue weighted by Gasteiger charge is 2.26. The highest BCUT2D eigenvalue weighted by Crippen LogP contribution is 2.26. The zero-order valence-electron chi connectivity index (χ0n) is 11.9. The molecule has 2 atom stereocenters. The van der Waals surface area contributed by atoms with Gasteiger partial charge in [0.05, 0.1) is 13.2 Å². The van der Waals surface area contributed by atoms with Crippen LogP contribution in [0.25, 0.3) is 0 Å². The standard InChI is InChI=1S/C15H21NO4/c1-3-13-11(6-7-20-13)9-16-15(18)10-4-5-14(19-2)12(17)8-10/h4-5,8,11,13,17H,3,6-7,9H2,1-2H3,(H,16,18). The first-order valence-electron chi connectivity index (χ1n) is 6.92. The van der Waals surface area contributed by atoms with E-state index in [2.05, 4.69) is 12.2 Å². The van der Waals surface area contributed by atoms with Gasteiger partial charge in [0.2, 0.25) is 0 Å². The zero-order chi connectivity index (χ0) is 14.5. The van der Waals surface area contributed by atoms with Crippen LogP contribution in [-0.2, 0) is 4.74 Å². The minimum atomic E-state index is -0.190. The van der Waals surface area contributed by atoms with Gasteiger partial charge in [0, 0.05) is 24.6 Å². The molecule has 20 heavy (non-hydrogen) atoms. The quantitative estimate of drug-likeness (QED) is 0.864. The molecular weight excluding hydrogens is 258 g/mol. The van der Waals surface area contributed by atoms with Crippen LogP contribution in [0.1, 0.15) is 30.1 Å². The van der Waals surface area contributed by atoms with Crippen molar-refractivity contribution in [3.05, 3.63) is 23.8 Å². The number of carbonyl (C=O) groups is 1. The normalized spacial score (nSPS) is 21.7. The summed E-state index contributed by atoms with van der Waals surface area (Å²) in [6.45, 7) is 3.46. The van der Waals surface area contributed by atoms with Crippen LogP contribution in [0.2, 0.25) is 0 Å². The number of nitrogens with one attached hydrogen (secondary N) is 1. The molecule has 1 amide bonds. The van der Waals surface area contributed by atoms with Gasteiger partial charge in [-0.3, -0.25) is 4.79 Å². The number of aromatic hydroxyl groups is 1. The van der Waals surface area contributed by atoms with Crippen LogP contribution in [0.5, 0.6) is 11.5 Å².